The fourth-order valence-electron chi connectivity index (χ4n) is 3.78. The molecule has 7 nitrogen and oxygen atoms in total. The molecule has 3 heterocycles. The third-order valence-electron chi connectivity index (χ3n) is 5.18. The molecule has 1 aliphatic heterocycles. The zero-order valence-electron chi connectivity index (χ0n) is 15.9. The monoisotopic (exact) mass is 402 g/mol. The number of para-hydroxylation sites is 1. The minimum Gasteiger partial charge on any atom is -0.354 e. The normalized spacial score (nSPS) is 16.6. The average molecular weight is 403 g/mol. The van der Waals surface area contributed by atoms with E-state index in [1.165, 1.54) is 6.42 Å². The van der Waals surface area contributed by atoms with E-state index in [1.807, 2.05) is 33.8 Å². The van der Waals surface area contributed by atoms with E-state index in [1.54, 1.807) is 6.20 Å². The molecule has 0 radical (unpaired) electrons. The van der Waals surface area contributed by atoms with Gasteiger partial charge in [-0.1, -0.05) is 18.2 Å². The number of carbonyl (C=O) groups excluding carboxylic acids is 1. The zero-order chi connectivity index (χ0) is 18.5. The molecule has 1 aromatic carbocycles. The van der Waals surface area contributed by atoms with Crippen LogP contribution in [-0.4, -0.2) is 45.1 Å². The minimum absolute atomic E-state index is 0. The van der Waals surface area contributed by atoms with Crippen molar-refractivity contribution in [3.63, 3.8) is 0 Å². The van der Waals surface area contributed by atoms with Crippen molar-refractivity contribution in [3.8, 4) is 0 Å². The van der Waals surface area contributed by atoms with Gasteiger partial charge in [-0.2, -0.15) is 10.2 Å². The molecule has 2 N–H and O–H groups in total. The Morgan fingerprint density at radius 2 is 2.11 bits per heavy atom. The molecule has 4 rings (SSSR count). The molecule has 0 aliphatic carbocycles. The number of aromatic nitrogens is 4. The van der Waals surface area contributed by atoms with Crippen LogP contribution in [0.15, 0.2) is 42.7 Å². The topological polar surface area (TPSA) is 76.8 Å². The van der Waals surface area contributed by atoms with Crippen molar-refractivity contribution in [2.45, 2.75) is 38.3 Å². The van der Waals surface area contributed by atoms with Crippen LogP contribution in [0.25, 0.3) is 10.9 Å². The zero-order valence-corrected chi connectivity index (χ0v) is 16.7. The molecule has 0 spiro atoms. The Morgan fingerprint density at radius 3 is 2.96 bits per heavy atom. The quantitative estimate of drug-likeness (QED) is 0.594. The summed E-state index contributed by atoms with van der Waals surface area (Å²) in [6.07, 6.45) is 6.84. The van der Waals surface area contributed by atoms with Gasteiger partial charge in [0.05, 0.1) is 11.7 Å². The second-order valence-corrected chi connectivity index (χ2v) is 7.09. The summed E-state index contributed by atoms with van der Waals surface area (Å²) < 4.78 is 3.83. The van der Waals surface area contributed by atoms with Crippen molar-refractivity contribution in [2.75, 3.05) is 19.6 Å². The first-order valence-electron chi connectivity index (χ1n) is 9.71. The highest BCUT2D eigenvalue weighted by molar-refractivity contribution is 5.85. The molecule has 1 saturated heterocycles. The average Bonchev–Trinajstić information content (AvgIpc) is 3.33. The van der Waals surface area contributed by atoms with Crippen LogP contribution in [0.4, 0.5) is 0 Å². The maximum atomic E-state index is 12.3. The Balaban J connectivity index is 0.00000225. The maximum absolute atomic E-state index is 12.3. The fraction of sp³-hybridized carbons (Fsp3) is 0.450. The second-order valence-electron chi connectivity index (χ2n) is 7.09. The summed E-state index contributed by atoms with van der Waals surface area (Å²) in [7, 11) is 0. The summed E-state index contributed by atoms with van der Waals surface area (Å²) in [5.74, 6) is 0.455. The van der Waals surface area contributed by atoms with Crippen LogP contribution >= 0.6 is 12.4 Å². The summed E-state index contributed by atoms with van der Waals surface area (Å²) in [6.45, 7) is 3.74. The lowest BCUT2D eigenvalue weighted by Crippen LogP contribution is -2.33. The van der Waals surface area contributed by atoms with Crippen molar-refractivity contribution < 1.29 is 4.79 Å². The highest BCUT2D eigenvalue weighted by Crippen LogP contribution is 2.22. The van der Waals surface area contributed by atoms with Crippen LogP contribution in [0.5, 0.6) is 0 Å². The summed E-state index contributed by atoms with van der Waals surface area (Å²) in [6, 6.07) is 10.2. The first kappa shape index (κ1) is 20.4. The lowest BCUT2D eigenvalue weighted by molar-refractivity contribution is -0.121. The predicted molar refractivity (Wildman–Crippen MR) is 112 cm³/mol. The van der Waals surface area contributed by atoms with E-state index in [9.17, 15) is 4.79 Å². The van der Waals surface area contributed by atoms with Crippen LogP contribution in [0, 0.1) is 0 Å². The number of rotatable bonds is 7. The molecule has 28 heavy (non-hydrogen) atoms. The molecule has 0 saturated carbocycles. The third kappa shape index (κ3) is 4.72. The number of nitrogens with one attached hydrogen (secondary N) is 2. The van der Waals surface area contributed by atoms with Gasteiger partial charge in [0.25, 0.3) is 0 Å². The third-order valence-corrected chi connectivity index (χ3v) is 5.18. The molecule has 1 amide bonds. The molecule has 1 aliphatic rings. The number of benzene rings is 1. The Bertz CT molecular complexity index is 899. The molecule has 1 unspecified atom stereocenters. The SMILES string of the molecule is Cl.O=C(Cn1nccc1C1CCCNC1)NCCCn1ncc2ccccc21. The summed E-state index contributed by atoms with van der Waals surface area (Å²) in [5, 5.41) is 16.3. The van der Waals surface area contributed by atoms with Gasteiger partial charge in [-0.3, -0.25) is 14.2 Å². The standard InChI is InChI=1S/C20H26N6O.ClH/c27-20(15-26-19(8-11-23-26)16-6-3-9-21-13-16)22-10-4-12-25-18-7-2-1-5-17(18)14-24-25;/h1-2,5,7-8,11,14,16,21H,3-4,6,9-10,12-13,15H2,(H,22,27);1H. The van der Waals surface area contributed by atoms with Crippen LogP contribution in [0.3, 0.4) is 0 Å². The Labute approximate surface area is 170 Å². The Morgan fingerprint density at radius 1 is 1.21 bits per heavy atom. The highest BCUT2D eigenvalue weighted by Gasteiger charge is 2.19. The summed E-state index contributed by atoms with van der Waals surface area (Å²) in [5.41, 5.74) is 2.28. The number of piperidine rings is 1. The largest absolute Gasteiger partial charge is 0.354 e. The number of hydrogen-bond donors (Lipinski definition) is 2. The van der Waals surface area contributed by atoms with Crippen molar-refractivity contribution in [3.05, 3.63) is 48.4 Å². The molecule has 3 aromatic rings. The van der Waals surface area contributed by atoms with Crippen molar-refractivity contribution >= 4 is 29.2 Å². The second kappa shape index (κ2) is 9.71. The fourth-order valence-corrected chi connectivity index (χ4v) is 3.78. The molecule has 1 atom stereocenters. The van der Waals surface area contributed by atoms with Crippen molar-refractivity contribution in [1.82, 2.24) is 30.2 Å². The number of hydrogen-bond acceptors (Lipinski definition) is 4. The van der Waals surface area contributed by atoms with Gasteiger partial charge in [-0.05, 0) is 37.9 Å². The van der Waals surface area contributed by atoms with Gasteiger partial charge in [-0.15, -0.1) is 12.4 Å². The van der Waals surface area contributed by atoms with Crippen LogP contribution in [-0.2, 0) is 17.9 Å². The van der Waals surface area contributed by atoms with E-state index in [4.69, 9.17) is 0 Å². The lowest BCUT2D eigenvalue weighted by atomic mass is 9.96. The van der Waals surface area contributed by atoms with Gasteiger partial charge >= 0.3 is 0 Å². The number of nitrogens with zero attached hydrogens (tertiary/aromatic N) is 4. The first-order valence-corrected chi connectivity index (χ1v) is 9.71. The van der Waals surface area contributed by atoms with Crippen molar-refractivity contribution in [2.24, 2.45) is 0 Å². The molecule has 0 bridgehead atoms. The smallest absolute Gasteiger partial charge is 0.241 e. The number of fused-ring (bicyclic) bond motifs is 1. The molecular weight excluding hydrogens is 376 g/mol. The van der Waals surface area contributed by atoms with E-state index >= 15 is 0 Å². The Kier molecular flexibility index (Phi) is 7.06. The van der Waals surface area contributed by atoms with Gasteiger partial charge in [0, 0.05) is 42.8 Å². The van der Waals surface area contributed by atoms with Gasteiger partial charge in [-0.25, -0.2) is 0 Å². The Hall–Kier alpha value is -2.38. The van der Waals surface area contributed by atoms with E-state index in [0.29, 0.717) is 12.5 Å². The van der Waals surface area contributed by atoms with E-state index < -0.39 is 0 Å². The van der Waals surface area contributed by atoms with Crippen LogP contribution in [0.1, 0.15) is 30.9 Å². The van der Waals surface area contributed by atoms with Crippen LogP contribution < -0.4 is 10.6 Å². The van der Waals surface area contributed by atoms with Crippen LogP contribution in [0.2, 0.25) is 0 Å². The number of aryl methyl sites for hydroxylation is 1. The van der Waals surface area contributed by atoms with Gasteiger partial charge in [0.1, 0.15) is 6.54 Å². The van der Waals surface area contributed by atoms with Gasteiger partial charge < -0.3 is 10.6 Å². The van der Waals surface area contributed by atoms with Crippen molar-refractivity contribution in [1.29, 1.82) is 0 Å². The predicted octanol–water partition coefficient (Wildman–Crippen LogP) is 2.33. The highest BCUT2D eigenvalue weighted by atomic mass is 35.5. The first-order chi connectivity index (χ1) is 13.3. The summed E-state index contributed by atoms with van der Waals surface area (Å²) >= 11 is 0. The molecular formula is C20H27ClN6O. The van der Waals surface area contributed by atoms with E-state index in [2.05, 4.69) is 33.0 Å². The molecule has 1 fully saturated rings. The van der Waals surface area contributed by atoms with E-state index in [0.717, 1.165) is 49.1 Å². The number of carbonyl (C=O) groups is 1. The van der Waals surface area contributed by atoms with Gasteiger partial charge in [0.15, 0.2) is 0 Å². The van der Waals surface area contributed by atoms with E-state index in [-0.39, 0.29) is 24.9 Å². The lowest BCUT2D eigenvalue weighted by Gasteiger charge is -2.23. The number of amides is 1. The summed E-state index contributed by atoms with van der Waals surface area (Å²) in [4.78, 5) is 12.3. The maximum Gasteiger partial charge on any atom is 0.241 e. The van der Waals surface area contributed by atoms with Gasteiger partial charge in [0.2, 0.25) is 5.91 Å². The number of halogens is 1. The molecule has 8 heteroatoms. The minimum atomic E-state index is 0. The molecule has 2 aromatic heterocycles. The molecule has 150 valence electrons.